The Hall–Kier alpha value is -1.95. The van der Waals surface area contributed by atoms with E-state index in [4.69, 9.17) is 4.74 Å². The Bertz CT molecular complexity index is 514. The molecule has 6 heteroatoms. The second kappa shape index (κ2) is 5.59. The zero-order chi connectivity index (χ0) is 13.0. The van der Waals surface area contributed by atoms with Crippen LogP contribution < -0.4 is 15.4 Å². The van der Waals surface area contributed by atoms with E-state index in [1.54, 1.807) is 18.2 Å². The minimum atomic E-state index is -0.302. The molecule has 0 atom stereocenters. The molecule has 0 aliphatic carbocycles. The van der Waals surface area contributed by atoms with Crippen molar-refractivity contribution in [1.29, 1.82) is 0 Å². The monoisotopic (exact) mass is 264 g/mol. The molecule has 0 unspecified atom stereocenters. The van der Waals surface area contributed by atoms with Crippen molar-refractivity contribution in [2.45, 2.75) is 0 Å². The van der Waals surface area contributed by atoms with Gasteiger partial charge in [0, 0.05) is 6.08 Å². The lowest BCUT2D eigenvalue weighted by atomic mass is 10.3. The molecule has 0 bridgehead atoms. The molecule has 0 aromatic heterocycles. The number of rotatable bonds is 3. The maximum absolute atomic E-state index is 11.7. The summed E-state index contributed by atoms with van der Waals surface area (Å²) >= 11 is 1.31. The molecule has 1 saturated heterocycles. The van der Waals surface area contributed by atoms with Crippen LogP contribution in [0.4, 0.5) is 5.69 Å². The average Bonchev–Trinajstić information content (AvgIpc) is 2.75. The maximum atomic E-state index is 11.7. The predicted octanol–water partition coefficient (Wildman–Crippen LogP) is 1.34. The van der Waals surface area contributed by atoms with Gasteiger partial charge >= 0.3 is 0 Å². The Morgan fingerprint density at radius 3 is 2.94 bits per heavy atom. The third-order valence-electron chi connectivity index (χ3n) is 2.25. The van der Waals surface area contributed by atoms with Crippen LogP contribution in [0.25, 0.3) is 0 Å². The van der Waals surface area contributed by atoms with E-state index in [-0.39, 0.29) is 11.8 Å². The molecule has 1 heterocycles. The Morgan fingerprint density at radius 1 is 1.50 bits per heavy atom. The van der Waals surface area contributed by atoms with Gasteiger partial charge in [-0.3, -0.25) is 9.59 Å². The fourth-order valence-electron chi connectivity index (χ4n) is 1.47. The summed E-state index contributed by atoms with van der Waals surface area (Å²) in [6, 6.07) is 7.13. The van der Waals surface area contributed by atoms with Crippen LogP contribution in [0.1, 0.15) is 0 Å². The molecule has 18 heavy (non-hydrogen) atoms. The standard InChI is InChI=1S/C12H12N2O3S/c1-17-9-5-3-2-4-8(9)13-10(15)6-12-14-11(16)7-18-12/h2-6H,7H2,1H3,(H,13,15)(H,14,16)/b12-6-. The fourth-order valence-corrected chi connectivity index (χ4v) is 2.20. The van der Waals surface area contributed by atoms with E-state index in [0.717, 1.165) is 0 Å². The maximum Gasteiger partial charge on any atom is 0.251 e. The number of carbonyl (C=O) groups is 2. The third-order valence-corrected chi connectivity index (χ3v) is 3.19. The van der Waals surface area contributed by atoms with Gasteiger partial charge in [0.05, 0.1) is 23.6 Å². The van der Waals surface area contributed by atoms with Crippen LogP contribution in [0.15, 0.2) is 35.4 Å². The van der Waals surface area contributed by atoms with E-state index in [0.29, 0.717) is 22.2 Å². The summed E-state index contributed by atoms with van der Waals surface area (Å²) in [5.41, 5.74) is 0.594. The lowest BCUT2D eigenvalue weighted by Gasteiger charge is -2.08. The molecule has 5 nitrogen and oxygen atoms in total. The SMILES string of the molecule is COc1ccccc1NC(=O)/C=C1/NC(=O)CS1. The smallest absolute Gasteiger partial charge is 0.251 e. The molecule has 0 radical (unpaired) electrons. The highest BCUT2D eigenvalue weighted by molar-refractivity contribution is 8.04. The van der Waals surface area contributed by atoms with Crippen LogP contribution >= 0.6 is 11.8 Å². The number of thioether (sulfide) groups is 1. The topological polar surface area (TPSA) is 67.4 Å². The molecule has 0 saturated carbocycles. The van der Waals surface area contributed by atoms with E-state index in [9.17, 15) is 9.59 Å². The van der Waals surface area contributed by atoms with Gasteiger partial charge in [-0.2, -0.15) is 0 Å². The lowest BCUT2D eigenvalue weighted by molar-refractivity contribution is -0.117. The Kier molecular flexibility index (Phi) is 3.88. The first-order chi connectivity index (χ1) is 8.69. The molecule has 1 aromatic carbocycles. The first-order valence-corrected chi connectivity index (χ1v) is 6.26. The van der Waals surface area contributed by atoms with E-state index in [1.807, 2.05) is 6.07 Å². The van der Waals surface area contributed by atoms with Crippen molar-refractivity contribution in [2.24, 2.45) is 0 Å². The lowest BCUT2D eigenvalue weighted by Crippen LogP contribution is -2.16. The van der Waals surface area contributed by atoms with Gasteiger partial charge in [-0.15, -0.1) is 0 Å². The van der Waals surface area contributed by atoms with Crippen LogP contribution in [0.3, 0.4) is 0 Å². The van der Waals surface area contributed by atoms with Gasteiger partial charge < -0.3 is 15.4 Å². The van der Waals surface area contributed by atoms with Crippen LogP contribution in [0, 0.1) is 0 Å². The second-order valence-corrected chi connectivity index (χ2v) is 4.55. The normalized spacial score (nSPS) is 16.5. The minimum Gasteiger partial charge on any atom is -0.495 e. The highest BCUT2D eigenvalue weighted by Gasteiger charge is 2.16. The first-order valence-electron chi connectivity index (χ1n) is 5.27. The molecule has 0 spiro atoms. The van der Waals surface area contributed by atoms with Gasteiger partial charge in [-0.25, -0.2) is 0 Å². The van der Waals surface area contributed by atoms with Gasteiger partial charge in [0.25, 0.3) is 5.91 Å². The van der Waals surface area contributed by atoms with Crippen LogP contribution in [0.5, 0.6) is 5.75 Å². The number of benzene rings is 1. The third kappa shape index (κ3) is 3.04. The van der Waals surface area contributed by atoms with Crippen molar-refractivity contribution in [2.75, 3.05) is 18.2 Å². The van der Waals surface area contributed by atoms with Gasteiger partial charge in [0.15, 0.2) is 0 Å². The number of amides is 2. The summed E-state index contributed by atoms with van der Waals surface area (Å²) < 4.78 is 5.12. The number of ether oxygens (including phenoxy) is 1. The molecule has 1 aliphatic heterocycles. The van der Waals surface area contributed by atoms with Crippen molar-refractivity contribution in [3.63, 3.8) is 0 Å². The van der Waals surface area contributed by atoms with Gasteiger partial charge in [-0.1, -0.05) is 23.9 Å². The van der Waals surface area contributed by atoms with E-state index in [1.165, 1.54) is 24.9 Å². The zero-order valence-electron chi connectivity index (χ0n) is 9.73. The Morgan fingerprint density at radius 2 is 2.28 bits per heavy atom. The number of methoxy groups -OCH3 is 1. The summed E-state index contributed by atoms with van der Waals surface area (Å²) in [5.74, 6) is 0.557. The van der Waals surface area contributed by atoms with Crippen LogP contribution in [-0.4, -0.2) is 24.7 Å². The quantitative estimate of drug-likeness (QED) is 0.808. The van der Waals surface area contributed by atoms with Gasteiger partial charge in [0.1, 0.15) is 5.75 Å². The van der Waals surface area contributed by atoms with E-state index < -0.39 is 0 Å². The molecule has 2 N–H and O–H groups in total. The molecule has 1 aromatic rings. The summed E-state index contributed by atoms with van der Waals surface area (Å²) in [6.45, 7) is 0. The van der Waals surface area contributed by atoms with Crippen molar-refractivity contribution in [1.82, 2.24) is 5.32 Å². The molecule has 2 amide bonds. The number of anilines is 1. The summed E-state index contributed by atoms with van der Waals surface area (Å²) in [7, 11) is 1.54. The molecule has 1 fully saturated rings. The average molecular weight is 264 g/mol. The van der Waals surface area contributed by atoms with Gasteiger partial charge in [-0.05, 0) is 12.1 Å². The van der Waals surface area contributed by atoms with Crippen molar-refractivity contribution >= 4 is 29.3 Å². The Labute approximate surface area is 109 Å². The minimum absolute atomic E-state index is 0.0867. The second-order valence-electron chi connectivity index (χ2n) is 3.53. The first kappa shape index (κ1) is 12.5. The largest absolute Gasteiger partial charge is 0.495 e. The number of nitrogens with one attached hydrogen (secondary N) is 2. The number of hydrogen-bond acceptors (Lipinski definition) is 4. The molecular weight excluding hydrogens is 252 g/mol. The van der Waals surface area contributed by atoms with Crippen LogP contribution in [0.2, 0.25) is 0 Å². The molecular formula is C12H12N2O3S. The van der Waals surface area contributed by atoms with E-state index >= 15 is 0 Å². The number of para-hydroxylation sites is 2. The summed E-state index contributed by atoms with van der Waals surface area (Å²) in [5, 5.41) is 5.85. The highest BCUT2D eigenvalue weighted by Crippen LogP contribution is 2.23. The predicted molar refractivity (Wildman–Crippen MR) is 70.3 cm³/mol. The van der Waals surface area contributed by atoms with Crippen LogP contribution in [-0.2, 0) is 9.59 Å². The molecule has 2 rings (SSSR count). The van der Waals surface area contributed by atoms with Crippen molar-refractivity contribution in [3.05, 3.63) is 35.4 Å². The molecule has 94 valence electrons. The molecule has 1 aliphatic rings. The zero-order valence-corrected chi connectivity index (χ0v) is 10.5. The summed E-state index contributed by atoms with van der Waals surface area (Å²) in [6.07, 6.45) is 1.36. The van der Waals surface area contributed by atoms with Gasteiger partial charge in [0.2, 0.25) is 5.91 Å². The number of carbonyl (C=O) groups excluding carboxylic acids is 2. The number of hydrogen-bond donors (Lipinski definition) is 2. The van der Waals surface area contributed by atoms with Crippen molar-refractivity contribution in [3.8, 4) is 5.75 Å². The van der Waals surface area contributed by atoms with Crippen molar-refractivity contribution < 1.29 is 14.3 Å². The fraction of sp³-hybridized carbons (Fsp3) is 0.167. The summed E-state index contributed by atoms with van der Waals surface area (Å²) in [4.78, 5) is 22.7. The highest BCUT2D eigenvalue weighted by atomic mass is 32.2. The van der Waals surface area contributed by atoms with E-state index in [2.05, 4.69) is 10.6 Å². The Balaban J connectivity index is 2.05.